The Morgan fingerprint density at radius 1 is 0.938 bits per heavy atom. The van der Waals surface area contributed by atoms with E-state index in [1.165, 1.54) is 0 Å². The largest absolute Gasteiger partial charge is 0.494 e. The molecule has 0 bridgehead atoms. The Kier molecular flexibility index (Phi) is 7.28. The molecule has 6 heteroatoms. The van der Waals surface area contributed by atoms with Crippen LogP contribution in [0.3, 0.4) is 0 Å². The Labute approximate surface area is 194 Å². The Morgan fingerprint density at radius 2 is 1.59 bits per heavy atom. The molecule has 1 aliphatic heterocycles. The number of halogens is 1. The third-order valence-corrected chi connectivity index (χ3v) is 6.12. The van der Waals surface area contributed by atoms with E-state index < -0.39 is 0 Å². The van der Waals surface area contributed by atoms with Gasteiger partial charge in [-0.1, -0.05) is 42.8 Å². The van der Waals surface area contributed by atoms with Crippen molar-refractivity contribution in [2.45, 2.75) is 19.8 Å². The van der Waals surface area contributed by atoms with E-state index in [1.807, 2.05) is 58.3 Å². The van der Waals surface area contributed by atoms with Crippen molar-refractivity contribution in [2.75, 3.05) is 31.1 Å². The zero-order chi connectivity index (χ0) is 22.3. The monoisotopic (exact) mass is 449 g/mol. The van der Waals surface area contributed by atoms with Gasteiger partial charge in [-0.05, 0) is 66.3 Å². The van der Waals surface area contributed by atoms with E-state index in [1.54, 1.807) is 12.4 Å². The molecule has 2 aromatic carbocycles. The van der Waals surface area contributed by atoms with Gasteiger partial charge in [0.05, 0.1) is 6.61 Å². The van der Waals surface area contributed by atoms with Crippen LogP contribution in [0.2, 0.25) is 5.02 Å². The first kappa shape index (κ1) is 22.2. The minimum Gasteiger partial charge on any atom is -0.494 e. The molecule has 1 aliphatic rings. The Hall–Kier alpha value is -3.05. The number of anilines is 1. The summed E-state index contributed by atoms with van der Waals surface area (Å²) in [6.45, 7) is 5.15. The second kappa shape index (κ2) is 10.5. The first-order chi connectivity index (χ1) is 15.6. The molecule has 0 saturated carbocycles. The fourth-order valence-electron chi connectivity index (χ4n) is 3.84. The first-order valence-corrected chi connectivity index (χ1v) is 11.4. The van der Waals surface area contributed by atoms with Crippen LogP contribution in [0.4, 0.5) is 10.5 Å². The molecular weight excluding hydrogens is 422 g/mol. The number of carbonyl (C=O) groups is 1. The lowest BCUT2D eigenvalue weighted by Gasteiger charge is -2.20. The van der Waals surface area contributed by atoms with Crippen molar-refractivity contribution >= 4 is 23.3 Å². The summed E-state index contributed by atoms with van der Waals surface area (Å²) in [7, 11) is 0. The quantitative estimate of drug-likeness (QED) is 0.394. The third-order valence-electron chi connectivity index (χ3n) is 5.87. The maximum absolute atomic E-state index is 12.7. The maximum Gasteiger partial charge on any atom is 0.324 e. The molecule has 0 radical (unpaired) electrons. The lowest BCUT2D eigenvalue weighted by atomic mass is 10.0. The lowest BCUT2D eigenvalue weighted by Crippen LogP contribution is -2.33. The molecule has 2 amide bonds. The molecule has 1 saturated heterocycles. The highest BCUT2D eigenvalue weighted by Crippen LogP contribution is 2.24. The molecule has 1 fully saturated rings. The summed E-state index contributed by atoms with van der Waals surface area (Å²) in [6.07, 6.45) is 5.36. The first-order valence-electron chi connectivity index (χ1n) is 11.1. The van der Waals surface area contributed by atoms with E-state index >= 15 is 0 Å². The van der Waals surface area contributed by atoms with Gasteiger partial charge in [-0.2, -0.15) is 0 Å². The number of hydrogen-bond acceptors (Lipinski definition) is 3. The number of nitrogens with zero attached hydrogens (tertiary/aromatic N) is 3. The number of aromatic nitrogens is 1. The Morgan fingerprint density at radius 3 is 2.28 bits per heavy atom. The average Bonchev–Trinajstić information content (AvgIpc) is 3.19. The number of urea groups is 1. The highest BCUT2D eigenvalue weighted by molar-refractivity contribution is 6.30. The Balaban J connectivity index is 1.18. The van der Waals surface area contributed by atoms with Crippen LogP contribution in [0.25, 0.3) is 11.1 Å². The molecule has 0 spiro atoms. The number of ether oxygens (including phenoxy) is 1. The fourth-order valence-corrected chi connectivity index (χ4v) is 3.96. The second-order valence-corrected chi connectivity index (χ2v) is 8.63. The van der Waals surface area contributed by atoms with Gasteiger partial charge in [0, 0.05) is 42.7 Å². The van der Waals surface area contributed by atoms with Crippen molar-refractivity contribution < 1.29 is 9.53 Å². The molecule has 1 aromatic heterocycles. The predicted molar refractivity (Wildman–Crippen MR) is 129 cm³/mol. The van der Waals surface area contributed by atoms with Crippen LogP contribution in [0.1, 0.15) is 19.8 Å². The molecular formula is C26H28ClN3O2. The van der Waals surface area contributed by atoms with Crippen LogP contribution in [0.15, 0.2) is 73.1 Å². The van der Waals surface area contributed by atoms with Crippen molar-refractivity contribution in [3.63, 3.8) is 0 Å². The molecule has 4 rings (SSSR count). The molecule has 1 atom stereocenters. The minimum absolute atomic E-state index is 0.0837. The van der Waals surface area contributed by atoms with Gasteiger partial charge < -0.3 is 9.64 Å². The van der Waals surface area contributed by atoms with E-state index in [9.17, 15) is 4.79 Å². The fraction of sp³-hybridized carbons (Fsp3) is 0.308. The van der Waals surface area contributed by atoms with Crippen LogP contribution < -0.4 is 9.64 Å². The summed E-state index contributed by atoms with van der Waals surface area (Å²) in [5, 5.41) is 0.739. The van der Waals surface area contributed by atoms with E-state index in [0.717, 1.165) is 60.1 Å². The van der Waals surface area contributed by atoms with Gasteiger partial charge in [0.1, 0.15) is 5.75 Å². The summed E-state index contributed by atoms with van der Waals surface area (Å²) in [4.78, 5) is 20.4. The van der Waals surface area contributed by atoms with Crippen LogP contribution in [0, 0.1) is 5.92 Å². The van der Waals surface area contributed by atoms with Gasteiger partial charge in [-0.15, -0.1) is 0 Å². The van der Waals surface area contributed by atoms with Crippen molar-refractivity contribution in [3.8, 4) is 16.9 Å². The zero-order valence-electron chi connectivity index (χ0n) is 18.3. The van der Waals surface area contributed by atoms with Crippen molar-refractivity contribution in [3.05, 3.63) is 78.1 Å². The predicted octanol–water partition coefficient (Wildman–Crippen LogP) is 6.14. The summed E-state index contributed by atoms with van der Waals surface area (Å²) in [5.74, 6) is 1.35. The molecule has 2 heterocycles. The van der Waals surface area contributed by atoms with Crippen molar-refractivity contribution in [1.29, 1.82) is 0 Å². The lowest BCUT2D eigenvalue weighted by molar-refractivity contribution is 0.214. The van der Waals surface area contributed by atoms with Gasteiger partial charge in [0.2, 0.25) is 0 Å². The number of benzene rings is 2. The summed E-state index contributed by atoms with van der Waals surface area (Å²) < 4.78 is 5.94. The average molecular weight is 450 g/mol. The maximum atomic E-state index is 12.7. The Bertz CT molecular complexity index is 1010. The normalized spacial score (nSPS) is 14.6. The molecule has 3 aromatic rings. The number of amides is 2. The van der Waals surface area contributed by atoms with E-state index in [4.69, 9.17) is 16.3 Å². The van der Waals surface area contributed by atoms with Crippen molar-refractivity contribution in [1.82, 2.24) is 9.88 Å². The van der Waals surface area contributed by atoms with Gasteiger partial charge >= 0.3 is 6.03 Å². The van der Waals surface area contributed by atoms with Crippen molar-refractivity contribution in [2.24, 2.45) is 5.92 Å². The third kappa shape index (κ3) is 5.60. The summed E-state index contributed by atoms with van der Waals surface area (Å²) >= 11 is 5.96. The minimum atomic E-state index is 0.0837. The summed E-state index contributed by atoms with van der Waals surface area (Å²) in [5.41, 5.74) is 3.18. The number of pyridine rings is 1. The van der Waals surface area contributed by atoms with E-state index in [0.29, 0.717) is 12.5 Å². The SMILES string of the molecule is C[C@H](CCOc1ccc(-c2ccc(Cl)cc2)cc1)CCN1CCN(c2ccncc2)C1=O. The molecule has 0 N–H and O–H groups in total. The second-order valence-electron chi connectivity index (χ2n) is 8.19. The van der Waals surface area contributed by atoms with Crippen LogP contribution >= 0.6 is 11.6 Å². The highest BCUT2D eigenvalue weighted by Gasteiger charge is 2.29. The number of carbonyl (C=O) groups excluding carboxylic acids is 1. The molecule has 5 nitrogen and oxygen atoms in total. The standard InChI is InChI=1S/C26H28ClN3O2/c1-20(12-16-29-17-18-30(26(29)31)24-10-14-28-15-11-24)13-19-32-25-8-4-22(5-9-25)21-2-6-23(27)7-3-21/h2-11,14-15,20H,12-13,16-19H2,1H3/t20-/m0/s1. The summed E-state index contributed by atoms with van der Waals surface area (Å²) in [6, 6.07) is 19.8. The van der Waals surface area contributed by atoms with Gasteiger partial charge in [0.25, 0.3) is 0 Å². The van der Waals surface area contributed by atoms with Gasteiger partial charge in [0.15, 0.2) is 0 Å². The van der Waals surface area contributed by atoms with Gasteiger partial charge in [-0.25, -0.2) is 4.79 Å². The molecule has 0 unspecified atom stereocenters. The van der Waals surface area contributed by atoms with Crippen LogP contribution in [-0.2, 0) is 0 Å². The van der Waals surface area contributed by atoms with Gasteiger partial charge in [-0.3, -0.25) is 9.88 Å². The number of hydrogen-bond donors (Lipinski definition) is 0. The van der Waals surface area contributed by atoms with E-state index in [2.05, 4.69) is 24.0 Å². The number of rotatable bonds is 9. The van der Waals surface area contributed by atoms with Crippen LogP contribution in [0.5, 0.6) is 5.75 Å². The molecule has 32 heavy (non-hydrogen) atoms. The molecule has 0 aliphatic carbocycles. The van der Waals surface area contributed by atoms with E-state index in [-0.39, 0.29) is 6.03 Å². The molecule has 166 valence electrons. The topological polar surface area (TPSA) is 45.7 Å². The smallest absolute Gasteiger partial charge is 0.324 e. The zero-order valence-corrected chi connectivity index (χ0v) is 19.0. The highest BCUT2D eigenvalue weighted by atomic mass is 35.5. The van der Waals surface area contributed by atoms with Crippen LogP contribution in [-0.4, -0.2) is 42.2 Å².